The highest BCUT2D eigenvalue weighted by atomic mass is 16.5. The average molecular weight is 371 g/mol. The number of pyridine rings is 1. The van der Waals surface area contributed by atoms with Crippen LogP contribution in [0, 0.1) is 6.92 Å². The van der Waals surface area contributed by atoms with Gasteiger partial charge in [0.05, 0.1) is 30.4 Å². The third-order valence-corrected chi connectivity index (χ3v) is 4.40. The predicted molar refractivity (Wildman–Crippen MR) is 109 cm³/mol. The normalized spacial score (nSPS) is 10.6. The second-order valence-corrected chi connectivity index (χ2v) is 6.44. The zero-order valence-electron chi connectivity index (χ0n) is 15.9. The van der Waals surface area contributed by atoms with E-state index in [4.69, 9.17) is 9.47 Å². The molecule has 2 aromatic carbocycles. The van der Waals surface area contributed by atoms with Crippen LogP contribution in [0.25, 0.3) is 16.9 Å². The Balaban J connectivity index is 1.55. The van der Waals surface area contributed by atoms with E-state index in [1.54, 1.807) is 13.3 Å². The Morgan fingerprint density at radius 2 is 1.71 bits per heavy atom. The summed E-state index contributed by atoms with van der Waals surface area (Å²) in [4.78, 5) is 4.28. The zero-order chi connectivity index (χ0) is 19.3. The summed E-state index contributed by atoms with van der Waals surface area (Å²) < 4.78 is 12.9. The van der Waals surface area contributed by atoms with E-state index in [0.717, 1.165) is 34.0 Å². The Labute approximate surface area is 164 Å². The van der Waals surface area contributed by atoms with Gasteiger partial charge >= 0.3 is 0 Å². The Bertz CT molecular complexity index is 1040. The van der Waals surface area contributed by atoms with Crippen molar-refractivity contribution in [3.8, 4) is 28.6 Å². The SMILES string of the molecule is COc1ccc(-n2nc(C)cc2-c2ccc(OCc3ccccc3)cc2)cn1. The molecule has 0 N–H and O–H groups in total. The van der Waals surface area contributed by atoms with Gasteiger partial charge in [0.15, 0.2) is 0 Å². The molecule has 2 aromatic heterocycles. The number of nitrogens with zero attached hydrogens (tertiary/aromatic N) is 3. The van der Waals surface area contributed by atoms with E-state index < -0.39 is 0 Å². The van der Waals surface area contributed by atoms with E-state index >= 15 is 0 Å². The molecule has 0 fully saturated rings. The lowest BCUT2D eigenvalue weighted by molar-refractivity contribution is 0.306. The summed E-state index contributed by atoms with van der Waals surface area (Å²) in [6, 6.07) is 24.0. The fourth-order valence-electron chi connectivity index (χ4n) is 2.98. The average Bonchev–Trinajstić information content (AvgIpc) is 3.15. The van der Waals surface area contributed by atoms with Gasteiger partial charge in [0, 0.05) is 11.6 Å². The molecule has 0 amide bonds. The number of hydrogen-bond acceptors (Lipinski definition) is 4. The van der Waals surface area contributed by atoms with Crippen molar-refractivity contribution in [3.63, 3.8) is 0 Å². The molecule has 0 spiro atoms. The maximum Gasteiger partial charge on any atom is 0.213 e. The molecule has 0 saturated carbocycles. The van der Waals surface area contributed by atoms with Crippen LogP contribution in [0.1, 0.15) is 11.3 Å². The maximum absolute atomic E-state index is 5.88. The molecule has 0 aliphatic rings. The molecule has 4 rings (SSSR count). The molecule has 0 atom stereocenters. The van der Waals surface area contributed by atoms with Gasteiger partial charge in [-0.2, -0.15) is 5.10 Å². The van der Waals surface area contributed by atoms with Crippen molar-refractivity contribution in [1.29, 1.82) is 0 Å². The van der Waals surface area contributed by atoms with Crippen LogP contribution in [0.5, 0.6) is 11.6 Å². The van der Waals surface area contributed by atoms with Crippen LogP contribution in [0.4, 0.5) is 0 Å². The summed E-state index contributed by atoms with van der Waals surface area (Å²) in [5, 5.41) is 4.62. The van der Waals surface area contributed by atoms with Gasteiger partial charge in [0.1, 0.15) is 12.4 Å². The topological polar surface area (TPSA) is 49.2 Å². The number of aryl methyl sites for hydroxylation is 1. The molecule has 0 aliphatic carbocycles. The minimum Gasteiger partial charge on any atom is -0.489 e. The van der Waals surface area contributed by atoms with Gasteiger partial charge in [0.25, 0.3) is 0 Å². The summed E-state index contributed by atoms with van der Waals surface area (Å²) in [7, 11) is 1.60. The first-order chi connectivity index (χ1) is 13.7. The lowest BCUT2D eigenvalue weighted by atomic mass is 10.1. The molecule has 28 heavy (non-hydrogen) atoms. The molecule has 5 nitrogen and oxygen atoms in total. The highest BCUT2D eigenvalue weighted by Gasteiger charge is 2.11. The van der Waals surface area contributed by atoms with Gasteiger partial charge in [-0.3, -0.25) is 0 Å². The monoisotopic (exact) mass is 371 g/mol. The Morgan fingerprint density at radius 1 is 0.929 bits per heavy atom. The third-order valence-electron chi connectivity index (χ3n) is 4.40. The highest BCUT2D eigenvalue weighted by Crippen LogP contribution is 2.26. The first kappa shape index (κ1) is 17.8. The number of benzene rings is 2. The molecule has 0 radical (unpaired) electrons. The fraction of sp³-hybridized carbons (Fsp3) is 0.130. The fourth-order valence-corrected chi connectivity index (χ4v) is 2.98. The summed E-state index contributed by atoms with van der Waals surface area (Å²) in [5.74, 6) is 1.41. The van der Waals surface area contributed by atoms with E-state index in [9.17, 15) is 0 Å². The van der Waals surface area contributed by atoms with Crippen molar-refractivity contribution in [1.82, 2.24) is 14.8 Å². The van der Waals surface area contributed by atoms with Gasteiger partial charge in [-0.25, -0.2) is 9.67 Å². The summed E-state index contributed by atoms with van der Waals surface area (Å²) >= 11 is 0. The van der Waals surface area contributed by atoms with Crippen LogP contribution in [0.3, 0.4) is 0 Å². The van der Waals surface area contributed by atoms with E-state index in [-0.39, 0.29) is 0 Å². The van der Waals surface area contributed by atoms with E-state index in [0.29, 0.717) is 12.5 Å². The minimum atomic E-state index is 0.550. The minimum absolute atomic E-state index is 0.550. The van der Waals surface area contributed by atoms with E-state index in [1.807, 2.05) is 66.2 Å². The summed E-state index contributed by atoms with van der Waals surface area (Å²) in [5.41, 5.74) is 5.03. The lowest BCUT2D eigenvalue weighted by Gasteiger charge is -2.10. The van der Waals surface area contributed by atoms with Crippen molar-refractivity contribution < 1.29 is 9.47 Å². The third kappa shape index (κ3) is 3.88. The molecular weight excluding hydrogens is 350 g/mol. The van der Waals surface area contributed by atoms with Crippen LogP contribution in [-0.2, 0) is 6.61 Å². The maximum atomic E-state index is 5.88. The summed E-state index contributed by atoms with van der Waals surface area (Å²) in [6.45, 7) is 2.53. The molecule has 4 aromatic rings. The van der Waals surface area contributed by atoms with Gasteiger partial charge in [-0.15, -0.1) is 0 Å². The molecule has 0 unspecified atom stereocenters. The van der Waals surface area contributed by atoms with Gasteiger partial charge in [-0.1, -0.05) is 30.3 Å². The largest absolute Gasteiger partial charge is 0.489 e. The van der Waals surface area contributed by atoms with Crippen molar-refractivity contribution in [2.75, 3.05) is 7.11 Å². The lowest BCUT2D eigenvalue weighted by Crippen LogP contribution is -2.00. The number of ether oxygens (including phenoxy) is 2. The molecule has 5 heteroatoms. The van der Waals surface area contributed by atoms with Crippen LogP contribution < -0.4 is 9.47 Å². The summed E-state index contributed by atoms with van der Waals surface area (Å²) in [6.07, 6.45) is 1.76. The van der Waals surface area contributed by atoms with Crippen LogP contribution in [-0.4, -0.2) is 21.9 Å². The first-order valence-corrected chi connectivity index (χ1v) is 9.07. The predicted octanol–water partition coefficient (Wildman–Crippen LogP) is 4.83. The van der Waals surface area contributed by atoms with Crippen LogP contribution in [0.2, 0.25) is 0 Å². The Kier molecular flexibility index (Phi) is 5.06. The Morgan fingerprint density at radius 3 is 2.39 bits per heavy atom. The number of rotatable bonds is 6. The molecule has 0 saturated heterocycles. The number of aromatic nitrogens is 3. The Hall–Kier alpha value is -3.60. The van der Waals surface area contributed by atoms with Crippen molar-refractivity contribution in [2.24, 2.45) is 0 Å². The number of methoxy groups -OCH3 is 1. The first-order valence-electron chi connectivity index (χ1n) is 9.07. The van der Waals surface area contributed by atoms with Gasteiger partial charge in [-0.05, 0) is 48.9 Å². The van der Waals surface area contributed by atoms with Crippen molar-refractivity contribution >= 4 is 0 Å². The molecule has 140 valence electrons. The molecular formula is C23H21N3O2. The molecule has 2 heterocycles. The number of hydrogen-bond donors (Lipinski definition) is 0. The van der Waals surface area contributed by atoms with E-state index in [1.165, 1.54) is 0 Å². The van der Waals surface area contributed by atoms with E-state index in [2.05, 4.69) is 28.3 Å². The van der Waals surface area contributed by atoms with Crippen LogP contribution in [0.15, 0.2) is 79.0 Å². The van der Waals surface area contributed by atoms with Crippen molar-refractivity contribution in [2.45, 2.75) is 13.5 Å². The quantitative estimate of drug-likeness (QED) is 0.487. The smallest absolute Gasteiger partial charge is 0.213 e. The molecule has 0 bridgehead atoms. The zero-order valence-corrected chi connectivity index (χ0v) is 15.9. The van der Waals surface area contributed by atoms with Gasteiger partial charge < -0.3 is 9.47 Å². The van der Waals surface area contributed by atoms with Gasteiger partial charge in [0.2, 0.25) is 5.88 Å². The second kappa shape index (κ2) is 7.96. The van der Waals surface area contributed by atoms with Crippen molar-refractivity contribution in [3.05, 3.63) is 90.3 Å². The second-order valence-electron chi connectivity index (χ2n) is 6.44. The van der Waals surface area contributed by atoms with Crippen LogP contribution >= 0.6 is 0 Å². The molecule has 0 aliphatic heterocycles. The highest BCUT2D eigenvalue weighted by molar-refractivity contribution is 5.63. The standard InChI is InChI=1S/C23H21N3O2/c1-17-14-22(26(25-17)20-10-13-23(27-2)24-15-20)19-8-11-21(12-9-19)28-16-18-6-4-3-5-7-18/h3-15H,16H2,1-2H3.